The predicted molar refractivity (Wildman–Crippen MR) is 108 cm³/mol. The topological polar surface area (TPSA) is 61.8 Å². The lowest BCUT2D eigenvalue weighted by Crippen LogP contribution is -2.50. The van der Waals surface area contributed by atoms with Gasteiger partial charge in [0.2, 0.25) is 5.91 Å². The van der Waals surface area contributed by atoms with Crippen LogP contribution in [-0.2, 0) is 16.1 Å². The molecule has 0 radical (unpaired) electrons. The van der Waals surface area contributed by atoms with E-state index < -0.39 is 0 Å². The van der Waals surface area contributed by atoms with Crippen molar-refractivity contribution in [1.82, 2.24) is 15.1 Å². The van der Waals surface area contributed by atoms with Crippen molar-refractivity contribution in [1.29, 1.82) is 0 Å². The average Bonchev–Trinajstić information content (AvgIpc) is 3.30. The molecule has 2 aromatic rings. The van der Waals surface area contributed by atoms with Gasteiger partial charge in [-0.25, -0.2) is 0 Å². The van der Waals surface area contributed by atoms with Gasteiger partial charge in [0.25, 0.3) is 0 Å². The van der Waals surface area contributed by atoms with Crippen LogP contribution in [-0.4, -0.2) is 66.9 Å². The minimum absolute atomic E-state index is 0.0473. The standard InChI is InChI=1S/C21H27N5O2/c27-21(17-28-16-18-6-2-1-3-7-18)26-14-12-25(13-15-26)20-9-8-19(22-23-20)24-10-4-5-11-24/h1-3,6-9H,4-5,10-17H2. The first-order valence-electron chi connectivity index (χ1n) is 10.0. The van der Waals surface area contributed by atoms with Gasteiger partial charge in [0, 0.05) is 39.3 Å². The summed E-state index contributed by atoms with van der Waals surface area (Å²) in [5.74, 6) is 1.90. The zero-order valence-corrected chi connectivity index (χ0v) is 16.2. The van der Waals surface area contributed by atoms with E-state index in [1.54, 1.807) is 0 Å². The van der Waals surface area contributed by atoms with E-state index in [9.17, 15) is 4.79 Å². The predicted octanol–water partition coefficient (Wildman–Crippen LogP) is 1.94. The summed E-state index contributed by atoms with van der Waals surface area (Å²) in [4.78, 5) is 18.7. The molecular formula is C21H27N5O2. The molecule has 2 aliphatic heterocycles. The first-order chi connectivity index (χ1) is 13.8. The zero-order valence-electron chi connectivity index (χ0n) is 16.2. The molecular weight excluding hydrogens is 354 g/mol. The Morgan fingerprint density at radius 1 is 0.821 bits per heavy atom. The number of benzene rings is 1. The molecule has 7 heteroatoms. The lowest BCUT2D eigenvalue weighted by Gasteiger charge is -2.35. The fourth-order valence-corrected chi connectivity index (χ4v) is 3.71. The molecule has 0 spiro atoms. The highest BCUT2D eigenvalue weighted by Crippen LogP contribution is 2.20. The van der Waals surface area contributed by atoms with Crippen molar-refractivity contribution in [3.63, 3.8) is 0 Å². The van der Waals surface area contributed by atoms with Crippen molar-refractivity contribution < 1.29 is 9.53 Å². The molecule has 0 atom stereocenters. The van der Waals surface area contributed by atoms with Gasteiger partial charge >= 0.3 is 0 Å². The molecule has 4 rings (SSSR count). The molecule has 148 valence electrons. The number of carbonyl (C=O) groups excluding carboxylic acids is 1. The second kappa shape index (κ2) is 9.01. The summed E-state index contributed by atoms with van der Waals surface area (Å²) in [7, 11) is 0. The number of anilines is 2. The smallest absolute Gasteiger partial charge is 0.248 e. The Labute approximate surface area is 165 Å². The second-order valence-electron chi connectivity index (χ2n) is 7.29. The number of piperazine rings is 1. The van der Waals surface area contributed by atoms with Gasteiger partial charge in [-0.3, -0.25) is 4.79 Å². The molecule has 0 N–H and O–H groups in total. The third-order valence-corrected chi connectivity index (χ3v) is 5.36. The van der Waals surface area contributed by atoms with Crippen molar-refractivity contribution >= 4 is 17.5 Å². The van der Waals surface area contributed by atoms with Crippen LogP contribution in [0.4, 0.5) is 11.6 Å². The van der Waals surface area contributed by atoms with Crippen LogP contribution < -0.4 is 9.80 Å². The highest BCUT2D eigenvalue weighted by molar-refractivity contribution is 5.77. The Hall–Kier alpha value is -2.67. The monoisotopic (exact) mass is 381 g/mol. The second-order valence-corrected chi connectivity index (χ2v) is 7.29. The van der Waals surface area contributed by atoms with Crippen molar-refractivity contribution in [3.05, 3.63) is 48.0 Å². The van der Waals surface area contributed by atoms with Crippen LogP contribution in [0.3, 0.4) is 0 Å². The van der Waals surface area contributed by atoms with E-state index in [0.29, 0.717) is 19.7 Å². The minimum atomic E-state index is 0.0473. The maximum atomic E-state index is 12.4. The van der Waals surface area contributed by atoms with Gasteiger partial charge in [0.05, 0.1) is 6.61 Å². The fraction of sp³-hybridized carbons (Fsp3) is 0.476. The number of ether oxygens (including phenoxy) is 1. The van der Waals surface area contributed by atoms with E-state index in [4.69, 9.17) is 4.74 Å². The Bertz CT molecular complexity index is 754. The van der Waals surface area contributed by atoms with Crippen LogP contribution in [0, 0.1) is 0 Å². The third-order valence-electron chi connectivity index (χ3n) is 5.36. The lowest BCUT2D eigenvalue weighted by atomic mass is 10.2. The number of hydrogen-bond acceptors (Lipinski definition) is 6. The van der Waals surface area contributed by atoms with E-state index >= 15 is 0 Å². The van der Waals surface area contributed by atoms with Crippen LogP contribution in [0.5, 0.6) is 0 Å². The molecule has 28 heavy (non-hydrogen) atoms. The molecule has 2 fully saturated rings. The zero-order chi connectivity index (χ0) is 19.2. The van der Waals surface area contributed by atoms with Gasteiger partial charge in [-0.15, -0.1) is 10.2 Å². The highest BCUT2D eigenvalue weighted by atomic mass is 16.5. The number of nitrogens with zero attached hydrogens (tertiary/aromatic N) is 5. The third kappa shape index (κ3) is 4.59. The summed E-state index contributed by atoms with van der Waals surface area (Å²) < 4.78 is 5.58. The maximum Gasteiger partial charge on any atom is 0.248 e. The Kier molecular flexibility index (Phi) is 6.01. The van der Waals surface area contributed by atoms with Crippen molar-refractivity contribution in [2.24, 2.45) is 0 Å². The summed E-state index contributed by atoms with van der Waals surface area (Å²) in [5.41, 5.74) is 1.08. The number of rotatable bonds is 6. The maximum absolute atomic E-state index is 12.4. The van der Waals surface area contributed by atoms with Crippen molar-refractivity contribution in [3.8, 4) is 0 Å². The van der Waals surface area contributed by atoms with E-state index in [-0.39, 0.29) is 12.5 Å². The summed E-state index contributed by atoms with van der Waals surface area (Å²) in [5, 5.41) is 8.80. The quantitative estimate of drug-likeness (QED) is 0.762. The summed E-state index contributed by atoms with van der Waals surface area (Å²) in [6.45, 7) is 5.63. The summed E-state index contributed by atoms with van der Waals surface area (Å²) in [6, 6.07) is 14.0. The van der Waals surface area contributed by atoms with Crippen LogP contribution in [0.1, 0.15) is 18.4 Å². The first-order valence-corrected chi connectivity index (χ1v) is 10.0. The molecule has 3 heterocycles. The SMILES string of the molecule is O=C(COCc1ccccc1)N1CCN(c2ccc(N3CCCC3)nn2)CC1. The Morgan fingerprint density at radius 2 is 1.43 bits per heavy atom. The molecule has 0 unspecified atom stereocenters. The van der Waals surface area contributed by atoms with Gasteiger partial charge in [-0.1, -0.05) is 30.3 Å². The number of amides is 1. The van der Waals surface area contributed by atoms with Gasteiger partial charge in [0.1, 0.15) is 6.61 Å². The normalized spacial score (nSPS) is 17.2. The average molecular weight is 381 g/mol. The number of hydrogen-bond donors (Lipinski definition) is 0. The van der Waals surface area contributed by atoms with E-state index in [0.717, 1.165) is 43.4 Å². The van der Waals surface area contributed by atoms with E-state index in [1.807, 2.05) is 41.3 Å². The van der Waals surface area contributed by atoms with Crippen LogP contribution >= 0.6 is 0 Å². The van der Waals surface area contributed by atoms with Gasteiger partial charge in [-0.05, 0) is 30.5 Å². The number of carbonyl (C=O) groups is 1. The fourth-order valence-electron chi connectivity index (χ4n) is 3.71. The van der Waals surface area contributed by atoms with Gasteiger partial charge in [0.15, 0.2) is 11.6 Å². The summed E-state index contributed by atoms with van der Waals surface area (Å²) >= 11 is 0. The molecule has 1 aromatic heterocycles. The largest absolute Gasteiger partial charge is 0.367 e. The van der Waals surface area contributed by atoms with Crippen molar-refractivity contribution in [2.45, 2.75) is 19.4 Å². The lowest BCUT2D eigenvalue weighted by molar-refractivity contribution is -0.136. The van der Waals surface area contributed by atoms with Gasteiger partial charge < -0.3 is 19.4 Å². The van der Waals surface area contributed by atoms with Crippen molar-refractivity contribution in [2.75, 3.05) is 55.7 Å². The van der Waals surface area contributed by atoms with E-state index in [1.165, 1.54) is 12.8 Å². The highest BCUT2D eigenvalue weighted by Gasteiger charge is 2.22. The molecule has 0 saturated carbocycles. The van der Waals surface area contributed by atoms with Gasteiger partial charge in [-0.2, -0.15) is 0 Å². The van der Waals surface area contributed by atoms with E-state index in [2.05, 4.69) is 26.1 Å². The summed E-state index contributed by atoms with van der Waals surface area (Å²) in [6.07, 6.45) is 2.46. The Morgan fingerprint density at radius 3 is 2.04 bits per heavy atom. The van der Waals surface area contributed by atoms with Crippen LogP contribution in [0.25, 0.3) is 0 Å². The minimum Gasteiger partial charge on any atom is -0.367 e. The molecule has 1 aromatic carbocycles. The van der Waals surface area contributed by atoms with Crippen LogP contribution in [0.2, 0.25) is 0 Å². The molecule has 0 bridgehead atoms. The molecule has 7 nitrogen and oxygen atoms in total. The number of aromatic nitrogens is 2. The Balaban J connectivity index is 1.22. The first kappa shape index (κ1) is 18.7. The molecule has 1 amide bonds. The molecule has 2 aliphatic rings. The molecule has 0 aliphatic carbocycles. The van der Waals surface area contributed by atoms with Crippen LogP contribution in [0.15, 0.2) is 42.5 Å². The molecule has 2 saturated heterocycles.